The van der Waals surface area contributed by atoms with Crippen LogP contribution in [0.25, 0.3) is 0 Å². The Balaban J connectivity index is 1.64. The lowest BCUT2D eigenvalue weighted by molar-refractivity contribution is -0.135. The molecular weight excluding hydrogens is 390 g/mol. The minimum atomic E-state index is -0.115. The molecule has 164 valence electrons. The molecule has 2 atom stereocenters. The van der Waals surface area contributed by atoms with Crippen LogP contribution < -0.4 is 9.47 Å². The van der Waals surface area contributed by atoms with E-state index in [9.17, 15) is 4.79 Å². The number of amides is 1. The first-order valence-electron chi connectivity index (χ1n) is 11.0. The third-order valence-electron chi connectivity index (χ3n) is 6.35. The second-order valence-electron chi connectivity index (χ2n) is 8.30. The number of hydrazone groups is 1. The Morgan fingerprint density at radius 2 is 1.90 bits per heavy atom. The summed E-state index contributed by atoms with van der Waals surface area (Å²) in [4.78, 5) is 15.7. The van der Waals surface area contributed by atoms with E-state index in [4.69, 9.17) is 14.6 Å². The molecule has 0 saturated carbocycles. The molecule has 2 aliphatic heterocycles. The minimum absolute atomic E-state index is 0.0464. The van der Waals surface area contributed by atoms with Crippen molar-refractivity contribution in [3.05, 3.63) is 59.7 Å². The van der Waals surface area contributed by atoms with Crippen molar-refractivity contribution in [3.8, 4) is 11.5 Å². The monoisotopic (exact) mass is 421 g/mol. The number of benzene rings is 2. The zero-order valence-corrected chi connectivity index (χ0v) is 18.6. The summed E-state index contributed by atoms with van der Waals surface area (Å²) in [6, 6.07) is 16.2. The number of methoxy groups -OCH3 is 2. The summed E-state index contributed by atoms with van der Waals surface area (Å²) in [5, 5.41) is 6.51. The SMILES string of the molecule is COc1ccc(C2=NN(C(=O)CN3CCCC[C@H]3C)[C@@H](c3ccccc3)C2)c(OC)c1. The third kappa shape index (κ3) is 4.59. The van der Waals surface area contributed by atoms with Gasteiger partial charge in [0.25, 0.3) is 5.91 Å². The van der Waals surface area contributed by atoms with Gasteiger partial charge in [0.15, 0.2) is 0 Å². The van der Waals surface area contributed by atoms with Crippen LogP contribution in [0.1, 0.15) is 49.8 Å². The largest absolute Gasteiger partial charge is 0.497 e. The minimum Gasteiger partial charge on any atom is -0.497 e. The van der Waals surface area contributed by atoms with E-state index in [1.54, 1.807) is 19.2 Å². The zero-order chi connectivity index (χ0) is 21.8. The Hall–Kier alpha value is -2.86. The molecule has 6 nitrogen and oxygen atoms in total. The molecule has 2 heterocycles. The summed E-state index contributed by atoms with van der Waals surface area (Å²) >= 11 is 0. The predicted molar refractivity (Wildman–Crippen MR) is 122 cm³/mol. The van der Waals surface area contributed by atoms with Gasteiger partial charge in [-0.05, 0) is 44.0 Å². The van der Waals surface area contributed by atoms with Gasteiger partial charge < -0.3 is 9.47 Å². The predicted octanol–water partition coefficient (Wildman–Crippen LogP) is 4.26. The summed E-state index contributed by atoms with van der Waals surface area (Å²) in [6.07, 6.45) is 4.18. The zero-order valence-electron chi connectivity index (χ0n) is 18.6. The van der Waals surface area contributed by atoms with Gasteiger partial charge in [-0.1, -0.05) is 36.8 Å². The van der Waals surface area contributed by atoms with Crippen LogP contribution in [0, 0.1) is 0 Å². The summed E-state index contributed by atoms with van der Waals surface area (Å²) in [7, 11) is 3.28. The quantitative estimate of drug-likeness (QED) is 0.700. The number of piperidine rings is 1. The summed E-state index contributed by atoms with van der Waals surface area (Å²) in [6.45, 7) is 3.59. The van der Waals surface area contributed by atoms with E-state index in [1.807, 2.05) is 36.4 Å². The molecule has 0 N–H and O–H groups in total. The Labute approximate surface area is 184 Å². The number of hydrogen-bond acceptors (Lipinski definition) is 5. The van der Waals surface area contributed by atoms with E-state index in [0.29, 0.717) is 24.8 Å². The van der Waals surface area contributed by atoms with Gasteiger partial charge in [0, 0.05) is 24.1 Å². The van der Waals surface area contributed by atoms with E-state index in [-0.39, 0.29) is 11.9 Å². The third-order valence-corrected chi connectivity index (χ3v) is 6.35. The van der Waals surface area contributed by atoms with Crippen molar-refractivity contribution in [2.75, 3.05) is 27.3 Å². The summed E-state index contributed by atoms with van der Waals surface area (Å²) in [5.41, 5.74) is 2.84. The number of carbonyl (C=O) groups excluding carboxylic acids is 1. The van der Waals surface area contributed by atoms with Crippen LogP contribution in [-0.2, 0) is 4.79 Å². The maximum absolute atomic E-state index is 13.4. The average molecular weight is 422 g/mol. The van der Waals surface area contributed by atoms with Crippen molar-refractivity contribution in [1.29, 1.82) is 0 Å². The molecule has 0 aromatic heterocycles. The van der Waals surface area contributed by atoms with E-state index in [0.717, 1.165) is 42.0 Å². The average Bonchev–Trinajstić information content (AvgIpc) is 3.26. The molecular formula is C25H31N3O3. The van der Waals surface area contributed by atoms with Crippen molar-refractivity contribution >= 4 is 11.6 Å². The molecule has 6 heteroatoms. The number of nitrogens with zero attached hydrogens (tertiary/aromatic N) is 3. The molecule has 1 fully saturated rings. The fraction of sp³-hybridized carbons (Fsp3) is 0.440. The number of ether oxygens (including phenoxy) is 2. The first-order valence-corrected chi connectivity index (χ1v) is 11.0. The van der Waals surface area contributed by atoms with E-state index in [1.165, 1.54) is 6.42 Å². The summed E-state index contributed by atoms with van der Waals surface area (Å²) < 4.78 is 10.9. The highest BCUT2D eigenvalue weighted by molar-refractivity contribution is 6.05. The van der Waals surface area contributed by atoms with Gasteiger partial charge in [-0.15, -0.1) is 0 Å². The number of carbonyl (C=O) groups is 1. The van der Waals surface area contributed by atoms with Crippen molar-refractivity contribution < 1.29 is 14.3 Å². The molecule has 0 bridgehead atoms. The number of hydrogen-bond donors (Lipinski definition) is 0. The van der Waals surface area contributed by atoms with Gasteiger partial charge >= 0.3 is 0 Å². The first kappa shape index (κ1) is 21.4. The van der Waals surface area contributed by atoms with Crippen molar-refractivity contribution in [2.24, 2.45) is 5.10 Å². The molecule has 1 amide bonds. The lowest BCUT2D eigenvalue weighted by Crippen LogP contribution is -2.44. The van der Waals surface area contributed by atoms with Crippen LogP contribution in [0.5, 0.6) is 11.5 Å². The maximum Gasteiger partial charge on any atom is 0.257 e. The maximum atomic E-state index is 13.4. The Morgan fingerprint density at radius 1 is 1.10 bits per heavy atom. The van der Waals surface area contributed by atoms with Crippen LogP contribution in [0.4, 0.5) is 0 Å². The normalized spacial score (nSPS) is 21.6. The van der Waals surface area contributed by atoms with Gasteiger partial charge in [0.1, 0.15) is 11.5 Å². The first-order chi connectivity index (χ1) is 15.1. The van der Waals surface area contributed by atoms with Crippen LogP contribution in [0.15, 0.2) is 53.6 Å². The topological polar surface area (TPSA) is 54.4 Å². The Bertz CT molecular complexity index is 944. The standard InChI is InChI=1S/C25H31N3O3/c1-18-9-7-8-14-27(18)17-25(29)28-23(19-10-5-4-6-11-19)16-22(26-28)21-13-12-20(30-2)15-24(21)31-3/h4-6,10-13,15,18,23H,7-9,14,16-17H2,1-3H3/t18-,23-/m1/s1. The molecule has 0 radical (unpaired) electrons. The lowest BCUT2D eigenvalue weighted by atomic mass is 9.97. The highest BCUT2D eigenvalue weighted by Crippen LogP contribution is 2.36. The second kappa shape index (κ2) is 9.52. The van der Waals surface area contributed by atoms with Gasteiger partial charge in [0.2, 0.25) is 0 Å². The number of likely N-dealkylation sites (tertiary alicyclic amines) is 1. The van der Waals surface area contributed by atoms with Gasteiger partial charge in [0.05, 0.1) is 32.5 Å². The molecule has 0 unspecified atom stereocenters. The summed E-state index contributed by atoms with van der Waals surface area (Å²) in [5.74, 6) is 1.47. The van der Waals surface area contributed by atoms with Crippen molar-refractivity contribution in [2.45, 2.75) is 44.7 Å². The molecule has 0 aliphatic carbocycles. The highest BCUT2D eigenvalue weighted by atomic mass is 16.5. The van der Waals surface area contributed by atoms with E-state index < -0.39 is 0 Å². The van der Waals surface area contributed by atoms with Gasteiger partial charge in [-0.3, -0.25) is 9.69 Å². The van der Waals surface area contributed by atoms with Crippen LogP contribution in [-0.4, -0.2) is 54.9 Å². The van der Waals surface area contributed by atoms with Crippen LogP contribution >= 0.6 is 0 Å². The van der Waals surface area contributed by atoms with Crippen molar-refractivity contribution in [1.82, 2.24) is 9.91 Å². The van der Waals surface area contributed by atoms with E-state index >= 15 is 0 Å². The van der Waals surface area contributed by atoms with Gasteiger partial charge in [-0.2, -0.15) is 5.10 Å². The fourth-order valence-electron chi connectivity index (χ4n) is 4.51. The van der Waals surface area contributed by atoms with Crippen LogP contribution in [0.2, 0.25) is 0 Å². The molecule has 2 aliphatic rings. The Morgan fingerprint density at radius 3 is 2.61 bits per heavy atom. The van der Waals surface area contributed by atoms with Crippen molar-refractivity contribution in [3.63, 3.8) is 0 Å². The molecule has 1 saturated heterocycles. The Kier molecular flexibility index (Phi) is 6.56. The molecule has 31 heavy (non-hydrogen) atoms. The fourth-order valence-corrected chi connectivity index (χ4v) is 4.51. The molecule has 4 rings (SSSR count). The molecule has 0 spiro atoms. The lowest BCUT2D eigenvalue weighted by Gasteiger charge is -2.34. The van der Waals surface area contributed by atoms with E-state index in [2.05, 4.69) is 24.0 Å². The molecule has 2 aromatic rings. The smallest absolute Gasteiger partial charge is 0.257 e. The second-order valence-corrected chi connectivity index (χ2v) is 8.30. The molecule has 2 aromatic carbocycles. The van der Waals surface area contributed by atoms with Crippen LogP contribution in [0.3, 0.4) is 0 Å². The highest BCUT2D eigenvalue weighted by Gasteiger charge is 2.35. The number of rotatable bonds is 6. The van der Waals surface area contributed by atoms with Gasteiger partial charge in [-0.25, -0.2) is 5.01 Å².